The van der Waals surface area contributed by atoms with Gasteiger partial charge in [-0.1, -0.05) is 13.8 Å². The number of carbonyl (C=O) groups excluding carboxylic acids is 1. The first-order chi connectivity index (χ1) is 7.89. The van der Waals surface area contributed by atoms with Gasteiger partial charge in [-0.15, -0.1) is 0 Å². The summed E-state index contributed by atoms with van der Waals surface area (Å²) in [5, 5.41) is 0. The predicted octanol–water partition coefficient (Wildman–Crippen LogP) is 2.71. The normalized spacial score (nSPS) is 18.4. The molecule has 1 aliphatic rings. The fourth-order valence-electron chi connectivity index (χ4n) is 2.38. The summed E-state index contributed by atoms with van der Waals surface area (Å²) >= 11 is 0. The molecule has 0 aliphatic carbocycles. The Morgan fingerprint density at radius 2 is 2.12 bits per heavy atom. The van der Waals surface area contributed by atoms with E-state index in [0.717, 1.165) is 18.8 Å². The van der Waals surface area contributed by atoms with Crippen LogP contribution in [0, 0.1) is 5.41 Å². The lowest BCUT2D eigenvalue weighted by atomic mass is 9.93. The first-order valence-electron chi connectivity index (χ1n) is 6.04. The van der Waals surface area contributed by atoms with Crippen LogP contribution >= 0.6 is 0 Å². The van der Waals surface area contributed by atoms with E-state index in [2.05, 4.69) is 18.7 Å². The molecular formula is C14H20N2O. The van der Waals surface area contributed by atoms with Crippen LogP contribution in [0.25, 0.3) is 0 Å². The highest BCUT2D eigenvalue weighted by atomic mass is 16.1. The van der Waals surface area contributed by atoms with Gasteiger partial charge in [-0.2, -0.15) is 0 Å². The number of carbonyl (C=O) groups is 1. The van der Waals surface area contributed by atoms with Gasteiger partial charge in [-0.3, -0.25) is 4.79 Å². The van der Waals surface area contributed by atoms with Gasteiger partial charge < -0.3 is 10.6 Å². The van der Waals surface area contributed by atoms with Gasteiger partial charge in [0.15, 0.2) is 5.78 Å². The highest BCUT2D eigenvalue weighted by Gasteiger charge is 2.29. The standard InChI is InChI=1S/C14H20N2O/c1-10(17)12-8-11(4-5-13(12)15)16-7-6-14(2,3)9-16/h4-5,8H,6-7,9,15H2,1-3H3. The molecule has 92 valence electrons. The maximum absolute atomic E-state index is 11.5. The smallest absolute Gasteiger partial charge is 0.161 e. The number of rotatable bonds is 2. The first-order valence-corrected chi connectivity index (χ1v) is 6.04. The Balaban J connectivity index is 2.29. The average Bonchev–Trinajstić information content (AvgIpc) is 2.59. The van der Waals surface area contributed by atoms with Gasteiger partial charge in [-0.05, 0) is 37.0 Å². The number of hydrogen-bond donors (Lipinski definition) is 1. The predicted molar refractivity (Wildman–Crippen MR) is 71.5 cm³/mol. The van der Waals surface area contributed by atoms with E-state index in [9.17, 15) is 4.79 Å². The highest BCUT2D eigenvalue weighted by molar-refractivity contribution is 6.00. The Morgan fingerprint density at radius 1 is 1.41 bits per heavy atom. The molecular weight excluding hydrogens is 212 g/mol. The molecule has 1 heterocycles. The Bertz CT molecular complexity index is 452. The van der Waals surface area contributed by atoms with Gasteiger partial charge >= 0.3 is 0 Å². The minimum atomic E-state index is 0.0304. The van der Waals surface area contributed by atoms with Crippen molar-refractivity contribution in [2.24, 2.45) is 5.41 Å². The van der Waals surface area contributed by atoms with Crippen LogP contribution in [0.1, 0.15) is 37.6 Å². The highest BCUT2D eigenvalue weighted by Crippen LogP contribution is 2.33. The lowest BCUT2D eigenvalue weighted by Crippen LogP contribution is -2.23. The van der Waals surface area contributed by atoms with Crippen molar-refractivity contribution in [2.45, 2.75) is 27.2 Å². The summed E-state index contributed by atoms with van der Waals surface area (Å²) in [6, 6.07) is 5.75. The van der Waals surface area contributed by atoms with Gasteiger partial charge in [0, 0.05) is 30.0 Å². The van der Waals surface area contributed by atoms with Crippen molar-refractivity contribution >= 4 is 17.2 Å². The van der Waals surface area contributed by atoms with Crippen LogP contribution in [0.15, 0.2) is 18.2 Å². The third-order valence-electron chi connectivity index (χ3n) is 3.46. The Kier molecular flexibility index (Phi) is 2.86. The number of benzene rings is 1. The average molecular weight is 232 g/mol. The lowest BCUT2D eigenvalue weighted by Gasteiger charge is -2.22. The molecule has 1 fully saturated rings. The van der Waals surface area contributed by atoms with Gasteiger partial charge in [0.2, 0.25) is 0 Å². The fourth-order valence-corrected chi connectivity index (χ4v) is 2.38. The molecule has 3 heteroatoms. The van der Waals surface area contributed by atoms with E-state index >= 15 is 0 Å². The van der Waals surface area contributed by atoms with Crippen molar-refractivity contribution in [2.75, 3.05) is 23.7 Å². The molecule has 2 N–H and O–H groups in total. The zero-order valence-electron chi connectivity index (χ0n) is 10.8. The summed E-state index contributed by atoms with van der Waals surface area (Å²) in [5.41, 5.74) is 8.47. The van der Waals surface area contributed by atoms with E-state index in [1.54, 1.807) is 6.92 Å². The van der Waals surface area contributed by atoms with E-state index in [1.807, 2.05) is 18.2 Å². The second-order valence-corrected chi connectivity index (χ2v) is 5.66. The molecule has 1 aliphatic heterocycles. The minimum Gasteiger partial charge on any atom is -0.398 e. The zero-order chi connectivity index (χ0) is 12.6. The number of nitrogens with zero attached hydrogens (tertiary/aromatic N) is 1. The SMILES string of the molecule is CC(=O)c1cc(N2CCC(C)(C)C2)ccc1N. The van der Waals surface area contributed by atoms with Crippen molar-refractivity contribution in [3.05, 3.63) is 23.8 Å². The van der Waals surface area contributed by atoms with Gasteiger partial charge in [0.25, 0.3) is 0 Å². The molecule has 0 radical (unpaired) electrons. The largest absolute Gasteiger partial charge is 0.398 e. The Labute approximate surface area is 103 Å². The number of hydrogen-bond acceptors (Lipinski definition) is 3. The molecule has 0 saturated carbocycles. The van der Waals surface area contributed by atoms with Gasteiger partial charge in [0.05, 0.1) is 0 Å². The van der Waals surface area contributed by atoms with E-state index in [0.29, 0.717) is 16.7 Å². The summed E-state index contributed by atoms with van der Waals surface area (Å²) in [6.45, 7) is 8.19. The lowest BCUT2D eigenvalue weighted by molar-refractivity contribution is 0.101. The Hall–Kier alpha value is -1.51. The van der Waals surface area contributed by atoms with Crippen molar-refractivity contribution < 1.29 is 4.79 Å². The molecule has 0 bridgehead atoms. The quantitative estimate of drug-likeness (QED) is 0.630. The molecule has 0 unspecified atom stereocenters. The maximum atomic E-state index is 11.5. The van der Waals surface area contributed by atoms with Gasteiger partial charge in [0.1, 0.15) is 0 Å². The molecule has 0 amide bonds. The molecule has 0 aromatic heterocycles. The molecule has 1 aromatic rings. The maximum Gasteiger partial charge on any atom is 0.161 e. The van der Waals surface area contributed by atoms with Crippen LogP contribution in [-0.4, -0.2) is 18.9 Å². The van der Waals surface area contributed by atoms with Crippen LogP contribution in [0.4, 0.5) is 11.4 Å². The topological polar surface area (TPSA) is 46.3 Å². The van der Waals surface area contributed by atoms with Gasteiger partial charge in [-0.25, -0.2) is 0 Å². The van der Waals surface area contributed by atoms with Crippen molar-refractivity contribution in [1.82, 2.24) is 0 Å². The summed E-state index contributed by atoms with van der Waals surface area (Å²) < 4.78 is 0. The fraction of sp³-hybridized carbons (Fsp3) is 0.500. The first kappa shape index (κ1) is 12.0. The summed E-state index contributed by atoms with van der Waals surface area (Å²) in [6.07, 6.45) is 1.19. The third kappa shape index (κ3) is 2.43. The monoisotopic (exact) mass is 232 g/mol. The van der Waals surface area contributed by atoms with E-state index in [-0.39, 0.29) is 5.78 Å². The van der Waals surface area contributed by atoms with Crippen LogP contribution in [0.3, 0.4) is 0 Å². The second kappa shape index (κ2) is 4.06. The summed E-state index contributed by atoms with van der Waals surface area (Å²) in [7, 11) is 0. The van der Waals surface area contributed by atoms with E-state index < -0.39 is 0 Å². The summed E-state index contributed by atoms with van der Waals surface area (Å²) in [4.78, 5) is 13.8. The zero-order valence-corrected chi connectivity index (χ0v) is 10.8. The van der Waals surface area contributed by atoms with E-state index in [4.69, 9.17) is 5.73 Å². The number of Topliss-reactive ketones (excluding diaryl/α,β-unsaturated/α-hetero) is 1. The molecule has 1 aromatic carbocycles. The van der Waals surface area contributed by atoms with Crippen molar-refractivity contribution in [1.29, 1.82) is 0 Å². The molecule has 2 rings (SSSR count). The van der Waals surface area contributed by atoms with E-state index in [1.165, 1.54) is 6.42 Å². The van der Waals surface area contributed by atoms with Crippen LogP contribution in [0.5, 0.6) is 0 Å². The summed E-state index contributed by atoms with van der Waals surface area (Å²) in [5.74, 6) is 0.0304. The molecule has 17 heavy (non-hydrogen) atoms. The number of nitrogens with two attached hydrogens (primary N) is 1. The third-order valence-corrected chi connectivity index (χ3v) is 3.46. The number of ketones is 1. The van der Waals surface area contributed by atoms with Crippen molar-refractivity contribution in [3.63, 3.8) is 0 Å². The molecule has 3 nitrogen and oxygen atoms in total. The molecule has 1 saturated heterocycles. The van der Waals surface area contributed by atoms with Crippen LogP contribution < -0.4 is 10.6 Å². The minimum absolute atomic E-state index is 0.0304. The van der Waals surface area contributed by atoms with Crippen molar-refractivity contribution in [3.8, 4) is 0 Å². The van der Waals surface area contributed by atoms with Crippen LogP contribution in [0.2, 0.25) is 0 Å². The number of anilines is 2. The molecule has 0 atom stereocenters. The number of nitrogen functional groups attached to an aromatic ring is 1. The Morgan fingerprint density at radius 3 is 2.65 bits per heavy atom. The van der Waals surface area contributed by atoms with Crippen LogP contribution in [-0.2, 0) is 0 Å². The second-order valence-electron chi connectivity index (χ2n) is 5.66. The molecule has 0 spiro atoms.